The number of hydrogen-bond donors (Lipinski definition) is 1. The van der Waals surface area contributed by atoms with Gasteiger partial charge in [-0.25, -0.2) is 4.98 Å². The van der Waals surface area contributed by atoms with Crippen LogP contribution in [0.1, 0.15) is 25.3 Å². The third-order valence-electron chi connectivity index (χ3n) is 3.53. The molecular formula is C13H14N4. The van der Waals surface area contributed by atoms with Gasteiger partial charge in [-0.3, -0.25) is 0 Å². The van der Waals surface area contributed by atoms with Gasteiger partial charge in [-0.1, -0.05) is 0 Å². The first-order valence-corrected chi connectivity index (χ1v) is 5.94. The summed E-state index contributed by atoms with van der Waals surface area (Å²) >= 11 is 0. The van der Waals surface area contributed by atoms with Crippen LogP contribution in [0.5, 0.6) is 0 Å². The van der Waals surface area contributed by atoms with Crippen LogP contribution >= 0.6 is 0 Å². The van der Waals surface area contributed by atoms with Gasteiger partial charge in [0.1, 0.15) is 11.7 Å². The van der Waals surface area contributed by atoms with Crippen molar-refractivity contribution in [1.82, 2.24) is 9.97 Å². The molecule has 0 saturated carbocycles. The van der Waals surface area contributed by atoms with Gasteiger partial charge in [0.05, 0.1) is 16.6 Å². The standard InChI is InChI=1S/C13H14N4/c1-9-3-2-6-17(9)11-4-5-15-13-12(11)10(7-14)8-16-13/h4-5,8-9H,2-3,6H2,1H3,(H,15,16)/t9-/m1/s1. The topological polar surface area (TPSA) is 55.7 Å². The van der Waals surface area contributed by atoms with Crippen LogP contribution in [0.4, 0.5) is 5.69 Å². The summed E-state index contributed by atoms with van der Waals surface area (Å²) in [6, 6.07) is 4.79. The van der Waals surface area contributed by atoms with E-state index < -0.39 is 0 Å². The second-order valence-corrected chi connectivity index (χ2v) is 4.55. The number of rotatable bonds is 1. The highest BCUT2D eigenvalue weighted by Crippen LogP contribution is 2.32. The zero-order chi connectivity index (χ0) is 11.8. The van der Waals surface area contributed by atoms with Crippen LogP contribution in [-0.4, -0.2) is 22.6 Å². The van der Waals surface area contributed by atoms with E-state index >= 15 is 0 Å². The monoisotopic (exact) mass is 226 g/mol. The van der Waals surface area contributed by atoms with Gasteiger partial charge in [0.2, 0.25) is 0 Å². The second-order valence-electron chi connectivity index (χ2n) is 4.55. The van der Waals surface area contributed by atoms with Crippen molar-refractivity contribution in [2.75, 3.05) is 11.4 Å². The lowest BCUT2D eigenvalue weighted by molar-refractivity contribution is 0.736. The third kappa shape index (κ3) is 1.47. The van der Waals surface area contributed by atoms with Crippen LogP contribution < -0.4 is 4.90 Å². The minimum Gasteiger partial charge on any atom is -0.368 e. The van der Waals surface area contributed by atoms with Crippen LogP contribution in [0.2, 0.25) is 0 Å². The summed E-state index contributed by atoms with van der Waals surface area (Å²) < 4.78 is 0. The number of fused-ring (bicyclic) bond motifs is 1. The summed E-state index contributed by atoms with van der Waals surface area (Å²) in [5, 5.41) is 10.1. The maximum atomic E-state index is 9.14. The molecule has 1 fully saturated rings. The first-order chi connectivity index (χ1) is 8.31. The first-order valence-electron chi connectivity index (χ1n) is 5.94. The number of nitriles is 1. The summed E-state index contributed by atoms with van der Waals surface area (Å²) in [6.07, 6.45) is 5.98. The highest BCUT2D eigenvalue weighted by molar-refractivity contribution is 5.95. The Labute approximate surface area is 99.9 Å². The largest absolute Gasteiger partial charge is 0.368 e. The molecule has 1 saturated heterocycles. The molecular weight excluding hydrogens is 212 g/mol. The van der Waals surface area contributed by atoms with Crippen LogP contribution in [-0.2, 0) is 0 Å². The van der Waals surface area contributed by atoms with E-state index in [2.05, 4.69) is 27.9 Å². The Morgan fingerprint density at radius 1 is 1.59 bits per heavy atom. The molecule has 3 heterocycles. The van der Waals surface area contributed by atoms with E-state index in [4.69, 9.17) is 5.26 Å². The molecule has 0 amide bonds. The minimum atomic E-state index is 0.544. The van der Waals surface area contributed by atoms with Crippen molar-refractivity contribution in [2.45, 2.75) is 25.8 Å². The quantitative estimate of drug-likeness (QED) is 0.812. The summed E-state index contributed by atoms with van der Waals surface area (Å²) in [5.74, 6) is 0. The minimum absolute atomic E-state index is 0.544. The molecule has 0 spiro atoms. The Bertz CT molecular complexity index is 593. The van der Waals surface area contributed by atoms with E-state index in [0.717, 1.165) is 23.3 Å². The molecule has 4 heteroatoms. The fraction of sp³-hybridized carbons (Fsp3) is 0.385. The number of aromatic amines is 1. The Hall–Kier alpha value is -2.02. The van der Waals surface area contributed by atoms with Gasteiger partial charge in [0, 0.05) is 25.0 Å². The summed E-state index contributed by atoms with van der Waals surface area (Å²) in [4.78, 5) is 9.70. The molecule has 3 rings (SSSR count). The van der Waals surface area contributed by atoms with Crippen molar-refractivity contribution in [3.8, 4) is 6.07 Å². The molecule has 0 unspecified atom stereocenters. The molecule has 0 bridgehead atoms. The number of H-pyrrole nitrogens is 1. The Morgan fingerprint density at radius 2 is 2.47 bits per heavy atom. The molecule has 17 heavy (non-hydrogen) atoms. The fourth-order valence-electron chi connectivity index (χ4n) is 2.66. The van der Waals surface area contributed by atoms with Gasteiger partial charge >= 0.3 is 0 Å². The molecule has 0 aliphatic carbocycles. The lowest BCUT2D eigenvalue weighted by Gasteiger charge is -2.24. The molecule has 0 radical (unpaired) electrons. The van der Waals surface area contributed by atoms with Crippen molar-refractivity contribution < 1.29 is 0 Å². The molecule has 1 aliphatic heterocycles. The predicted molar refractivity (Wildman–Crippen MR) is 66.9 cm³/mol. The number of anilines is 1. The van der Waals surface area contributed by atoms with E-state index in [1.807, 2.05) is 6.07 Å². The van der Waals surface area contributed by atoms with E-state index in [1.165, 1.54) is 12.8 Å². The maximum absolute atomic E-state index is 9.14. The van der Waals surface area contributed by atoms with Gasteiger partial charge in [-0.15, -0.1) is 0 Å². The predicted octanol–water partition coefficient (Wildman–Crippen LogP) is 2.42. The SMILES string of the molecule is C[C@@H]1CCCN1c1ccnc2[nH]cc(C#N)c12. The lowest BCUT2D eigenvalue weighted by Crippen LogP contribution is -2.26. The normalized spacial score (nSPS) is 19.8. The van der Waals surface area contributed by atoms with Gasteiger partial charge in [-0.05, 0) is 25.8 Å². The maximum Gasteiger partial charge on any atom is 0.140 e. The Kier molecular flexibility index (Phi) is 2.25. The molecule has 2 aromatic rings. The number of pyridine rings is 1. The smallest absolute Gasteiger partial charge is 0.140 e. The highest BCUT2D eigenvalue weighted by atomic mass is 15.2. The van der Waals surface area contributed by atoms with E-state index in [0.29, 0.717) is 11.6 Å². The summed E-state index contributed by atoms with van der Waals surface area (Å²) in [7, 11) is 0. The van der Waals surface area contributed by atoms with Gasteiger partial charge < -0.3 is 9.88 Å². The average Bonchev–Trinajstić information content (AvgIpc) is 2.94. The van der Waals surface area contributed by atoms with Crippen molar-refractivity contribution in [2.24, 2.45) is 0 Å². The zero-order valence-electron chi connectivity index (χ0n) is 9.77. The van der Waals surface area contributed by atoms with Crippen molar-refractivity contribution in [1.29, 1.82) is 5.26 Å². The molecule has 1 N–H and O–H groups in total. The van der Waals surface area contributed by atoms with Crippen LogP contribution in [0.25, 0.3) is 11.0 Å². The Morgan fingerprint density at radius 3 is 3.18 bits per heavy atom. The number of hydrogen-bond acceptors (Lipinski definition) is 3. The molecule has 1 atom stereocenters. The average molecular weight is 226 g/mol. The molecule has 4 nitrogen and oxygen atoms in total. The van der Waals surface area contributed by atoms with Crippen LogP contribution in [0.3, 0.4) is 0 Å². The van der Waals surface area contributed by atoms with Gasteiger partial charge in [0.15, 0.2) is 0 Å². The Balaban J connectivity index is 2.22. The lowest BCUT2D eigenvalue weighted by atomic mass is 10.1. The first kappa shape index (κ1) is 10.2. The number of aromatic nitrogens is 2. The number of nitrogens with zero attached hydrogens (tertiary/aromatic N) is 3. The molecule has 2 aromatic heterocycles. The zero-order valence-corrected chi connectivity index (χ0v) is 9.77. The van der Waals surface area contributed by atoms with E-state index in [9.17, 15) is 0 Å². The number of nitrogens with one attached hydrogen (secondary N) is 1. The van der Waals surface area contributed by atoms with Crippen molar-refractivity contribution >= 4 is 16.7 Å². The molecule has 0 aromatic carbocycles. The third-order valence-corrected chi connectivity index (χ3v) is 3.53. The molecule has 1 aliphatic rings. The molecule has 86 valence electrons. The summed E-state index contributed by atoms with van der Waals surface area (Å²) in [6.45, 7) is 3.30. The van der Waals surface area contributed by atoms with Crippen molar-refractivity contribution in [3.05, 3.63) is 24.0 Å². The van der Waals surface area contributed by atoms with Gasteiger partial charge in [0.25, 0.3) is 0 Å². The highest BCUT2D eigenvalue weighted by Gasteiger charge is 2.23. The van der Waals surface area contributed by atoms with Gasteiger partial charge in [-0.2, -0.15) is 5.26 Å². The fourth-order valence-corrected chi connectivity index (χ4v) is 2.66. The van der Waals surface area contributed by atoms with Crippen molar-refractivity contribution in [3.63, 3.8) is 0 Å². The van der Waals surface area contributed by atoms with E-state index in [1.54, 1.807) is 12.4 Å². The van der Waals surface area contributed by atoms with Crippen LogP contribution in [0, 0.1) is 11.3 Å². The van der Waals surface area contributed by atoms with Crippen LogP contribution in [0.15, 0.2) is 18.5 Å². The van der Waals surface area contributed by atoms with E-state index in [-0.39, 0.29) is 0 Å². The summed E-state index contributed by atoms with van der Waals surface area (Å²) in [5.41, 5.74) is 2.62. The second kappa shape index (κ2) is 3.77.